The molecule has 0 aliphatic heterocycles. The molecule has 4 aromatic rings. The lowest BCUT2D eigenvalue weighted by molar-refractivity contribution is 0.0689. The van der Waals surface area contributed by atoms with Crippen molar-refractivity contribution in [3.63, 3.8) is 0 Å². The number of rotatable bonds is 3. The maximum absolute atomic E-state index is 13.1. The first kappa shape index (κ1) is 14.1. The van der Waals surface area contributed by atoms with E-state index in [4.69, 9.17) is 0 Å². The number of fused-ring (bicyclic) bond motifs is 1. The van der Waals surface area contributed by atoms with Crippen LogP contribution in [0.25, 0.3) is 28.0 Å². The number of imidazole rings is 1. The highest BCUT2D eigenvalue weighted by molar-refractivity contribution is 5.87. The average molecular weight is 322 g/mol. The molecule has 6 nitrogen and oxygen atoms in total. The van der Waals surface area contributed by atoms with E-state index in [9.17, 15) is 14.3 Å². The number of aromatic nitrogens is 4. The molecule has 0 aliphatic carbocycles. The lowest BCUT2D eigenvalue weighted by atomic mass is 10.0. The molecular formula is C17H11FN4O2. The van der Waals surface area contributed by atoms with Crippen molar-refractivity contribution in [1.82, 2.24) is 19.6 Å². The van der Waals surface area contributed by atoms with E-state index in [0.717, 1.165) is 16.7 Å². The maximum Gasteiger partial charge on any atom is 0.354 e. The van der Waals surface area contributed by atoms with Crippen molar-refractivity contribution in [1.29, 1.82) is 0 Å². The highest BCUT2D eigenvalue weighted by Gasteiger charge is 2.14. The summed E-state index contributed by atoms with van der Waals surface area (Å²) in [6.07, 6.45) is 4.73. The van der Waals surface area contributed by atoms with Gasteiger partial charge in [0.25, 0.3) is 0 Å². The highest BCUT2D eigenvalue weighted by Crippen LogP contribution is 2.30. The molecule has 0 saturated heterocycles. The van der Waals surface area contributed by atoms with Crippen LogP contribution in [0, 0.1) is 5.82 Å². The number of pyridine rings is 1. The van der Waals surface area contributed by atoms with E-state index >= 15 is 0 Å². The minimum Gasteiger partial charge on any atom is -0.477 e. The zero-order valence-electron chi connectivity index (χ0n) is 12.3. The second-order valence-electron chi connectivity index (χ2n) is 5.25. The molecule has 0 amide bonds. The molecule has 0 aliphatic rings. The summed E-state index contributed by atoms with van der Waals surface area (Å²) in [7, 11) is 0. The Bertz CT molecular complexity index is 1050. The maximum atomic E-state index is 13.1. The van der Waals surface area contributed by atoms with Crippen LogP contribution < -0.4 is 0 Å². The topological polar surface area (TPSA) is 83.3 Å². The standard InChI is InChI=1S/C17H11FN4O2/c18-12-4-1-10(2-5-12)16-13(7-20-21-16)11-3-6-15-19-8-14(17(23)24)22(15)9-11/h1-9H,(H,20,21)(H,23,24). The largest absolute Gasteiger partial charge is 0.477 e. The first-order valence-electron chi connectivity index (χ1n) is 7.14. The molecule has 0 fully saturated rings. The molecule has 118 valence electrons. The van der Waals surface area contributed by atoms with Crippen LogP contribution in [-0.4, -0.2) is 30.7 Å². The van der Waals surface area contributed by atoms with Gasteiger partial charge in [0.2, 0.25) is 0 Å². The Hall–Kier alpha value is -3.48. The lowest BCUT2D eigenvalue weighted by Gasteiger charge is -2.05. The second kappa shape index (κ2) is 5.31. The smallest absolute Gasteiger partial charge is 0.354 e. The SMILES string of the molecule is O=C(O)c1cnc2ccc(-c3c[nH]nc3-c3ccc(F)cc3)cn12. The van der Waals surface area contributed by atoms with E-state index in [1.807, 2.05) is 6.07 Å². The normalized spacial score (nSPS) is 11.0. The van der Waals surface area contributed by atoms with Gasteiger partial charge in [0.05, 0.1) is 11.9 Å². The number of carbonyl (C=O) groups is 1. The fourth-order valence-electron chi connectivity index (χ4n) is 2.64. The van der Waals surface area contributed by atoms with Crippen molar-refractivity contribution in [3.05, 3.63) is 66.5 Å². The minimum absolute atomic E-state index is 0.0821. The van der Waals surface area contributed by atoms with Crippen molar-refractivity contribution in [2.45, 2.75) is 0 Å². The molecule has 0 radical (unpaired) electrons. The van der Waals surface area contributed by atoms with Gasteiger partial charge < -0.3 is 5.11 Å². The van der Waals surface area contributed by atoms with Crippen LogP contribution in [0.4, 0.5) is 4.39 Å². The zero-order chi connectivity index (χ0) is 16.7. The fraction of sp³-hybridized carbons (Fsp3) is 0. The van der Waals surface area contributed by atoms with Gasteiger partial charge in [-0.25, -0.2) is 14.2 Å². The van der Waals surface area contributed by atoms with Crippen molar-refractivity contribution in [2.75, 3.05) is 0 Å². The summed E-state index contributed by atoms with van der Waals surface area (Å²) in [6, 6.07) is 9.61. The molecule has 7 heteroatoms. The summed E-state index contributed by atoms with van der Waals surface area (Å²) < 4.78 is 14.6. The average Bonchev–Trinajstić information content (AvgIpc) is 3.21. The number of aromatic amines is 1. The van der Waals surface area contributed by atoms with Crippen molar-refractivity contribution in [2.24, 2.45) is 0 Å². The molecule has 0 atom stereocenters. The van der Waals surface area contributed by atoms with Crippen LogP contribution in [-0.2, 0) is 0 Å². The summed E-state index contributed by atoms with van der Waals surface area (Å²) in [5.74, 6) is -1.37. The van der Waals surface area contributed by atoms with E-state index in [1.165, 1.54) is 22.7 Å². The predicted molar refractivity (Wildman–Crippen MR) is 85.1 cm³/mol. The van der Waals surface area contributed by atoms with Gasteiger partial charge in [-0.1, -0.05) is 0 Å². The summed E-state index contributed by atoms with van der Waals surface area (Å²) in [6.45, 7) is 0. The monoisotopic (exact) mass is 322 g/mol. The number of nitrogens with one attached hydrogen (secondary N) is 1. The number of carboxylic acids is 1. The zero-order valence-corrected chi connectivity index (χ0v) is 12.3. The van der Waals surface area contributed by atoms with Crippen molar-refractivity contribution in [3.8, 4) is 22.4 Å². The van der Waals surface area contributed by atoms with Crippen LogP contribution in [0.2, 0.25) is 0 Å². The summed E-state index contributed by atoms with van der Waals surface area (Å²) >= 11 is 0. The number of nitrogens with zero attached hydrogens (tertiary/aromatic N) is 3. The fourth-order valence-corrected chi connectivity index (χ4v) is 2.64. The molecule has 0 unspecified atom stereocenters. The number of hydrogen-bond donors (Lipinski definition) is 2. The number of aromatic carboxylic acids is 1. The van der Waals surface area contributed by atoms with Gasteiger partial charge in [-0.2, -0.15) is 5.10 Å². The van der Waals surface area contributed by atoms with E-state index in [0.29, 0.717) is 11.3 Å². The number of carboxylic acid groups (broad SMARTS) is 1. The van der Waals surface area contributed by atoms with E-state index in [1.54, 1.807) is 30.6 Å². The van der Waals surface area contributed by atoms with Crippen LogP contribution >= 0.6 is 0 Å². The second-order valence-corrected chi connectivity index (χ2v) is 5.25. The Morgan fingerprint density at radius 2 is 1.88 bits per heavy atom. The molecule has 4 rings (SSSR count). The Labute approximate surface area is 135 Å². The van der Waals surface area contributed by atoms with Crippen LogP contribution in [0.15, 0.2) is 55.0 Å². The lowest BCUT2D eigenvalue weighted by Crippen LogP contribution is -2.01. The Morgan fingerprint density at radius 1 is 1.12 bits per heavy atom. The Kier molecular flexibility index (Phi) is 3.13. The van der Waals surface area contributed by atoms with E-state index < -0.39 is 5.97 Å². The molecule has 3 heterocycles. The predicted octanol–water partition coefficient (Wildman–Crippen LogP) is 3.23. The van der Waals surface area contributed by atoms with Gasteiger partial charge in [0, 0.05) is 29.1 Å². The molecule has 1 aromatic carbocycles. The van der Waals surface area contributed by atoms with Gasteiger partial charge in [-0.15, -0.1) is 0 Å². The first-order valence-corrected chi connectivity index (χ1v) is 7.14. The molecule has 0 saturated carbocycles. The van der Waals surface area contributed by atoms with Crippen molar-refractivity contribution >= 4 is 11.6 Å². The van der Waals surface area contributed by atoms with Crippen molar-refractivity contribution < 1.29 is 14.3 Å². The number of H-pyrrole nitrogens is 1. The summed E-state index contributed by atoms with van der Waals surface area (Å²) in [4.78, 5) is 15.3. The molecule has 3 aromatic heterocycles. The number of hydrogen-bond acceptors (Lipinski definition) is 3. The quantitative estimate of drug-likeness (QED) is 0.606. The third-order valence-corrected chi connectivity index (χ3v) is 3.79. The van der Waals surface area contributed by atoms with Gasteiger partial charge in [0.1, 0.15) is 11.5 Å². The van der Waals surface area contributed by atoms with Gasteiger partial charge in [0.15, 0.2) is 5.69 Å². The molecule has 0 bridgehead atoms. The van der Waals surface area contributed by atoms with Crippen LogP contribution in [0.5, 0.6) is 0 Å². The Morgan fingerprint density at radius 3 is 2.62 bits per heavy atom. The summed E-state index contributed by atoms with van der Waals surface area (Å²) in [5, 5.41) is 16.3. The van der Waals surface area contributed by atoms with Gasteiger partial charge in [-0.3, -0.25) is 9.50 Å². The molecule has 0 spiro atoms. The molecule has 24 heavy (non-hydrogen) atoms. The number of halogens is 1. The van der Waals surface area contributed by atoms with Gasteiger partial charge >= 0.3 is 5.97 Å². The first-order chi connectivity index (χ1) is 11.6. The number of benzene rings is 1. The minimum atomic E-state index is -1.05. The summed E-state index contributed by atoms with van der Waals surface area (Å²) in [5.41, 5.74) is 3.61. The van der Waals surface area contributed by atoms with Crippen LogP contribution in [0.3, 0.4) is 0 Å². The van der Waals surface area contributed by atoms with Gasteiger partial charge in [-0.05, 0) is 36.4 Å². The third kappa shape index (κ3) is 2.23. The molecule has 2 N–H and O–H groups in total. The highest BCUT2D eigenvalue weighted by atomic mass is 19.1. The van der Waals surface area contributed by atoms with Crippen LogP contribution in [0.1, 0.15) is 10.5 Å². The van der Waals surface area contributed by atoms with E-state index in [-0.39, 0.29) is 11.5 Å². The molecular weight excluding hydrogens is 311 g/mol. The van der Waals surface area contributed by atoms with E-state index in [2.05, 4.69) is 15.2 Å². The Balaban J connectivity index is 1.87. The third-order valence-electron chi connectivity index (χ3n) is 3.79.